The minimum atomic E-state index is -0.491. The van der Waals surface area contributed by atoms with Crippen LogP contribution in [0.2, 0.25) is 0 Å². The van der Waals surface area contributed by atoms with E-state index in [4.69, 9.17) is 9.47 Å². The number of hydrogen-bond donors (Lipinski definition) is 2. The number of methoxy groups -OCH3 is 1. The maximum absolute atomic E-state index is 12.5. The van der Waals surface area contributed by atoms with E-state index in [1.54, 1.807) is 13.3 Å². The van der Waals surface area contributed by atoms with Gasteiger partial charge >= 0.3 is 6.09 Å². The molecule has 1 amide bonds. The largest absolute Gasteiger partial charge is 0.497 e. The zero-order chi connectivity index (χ0) is 21.6. The second-order valence-electron chi connectivity index (χ2n) is 7.56. The van der Waals surface area contributed by atoms with E-state index in [0.717, 1.165) is 60.0 Å². The average Bonchev–Trinajstić information content (AvgIpc) is 3.34. The maximum atomic E-state index is 12.5. The fraction of sp³-hybridized carbons (Fsp3) is 0.304. The number of ether oxygens (including phenoxy) is 2. The normalized spacial score (nSPS) is 14.3. The highest BCUT2D eigenvalue weighted by Crippen LogP contribution is 2.32. The molecule has 0 radical (unpaired) electrons. The van der Waals surface area contributed by atoms with Crippen molar-refractivity contribution in [3.63, 3.8) is 0 Å². The molecule has 4 rings (SSSR count). The fourth-order valence-electron chi connectivity index (χ4n) is 3.59. The molecule has 0 aliphatic carbocycles. The molecule has 2 heterocycles. The third kappa shape index (κ3) is 5.16. The lowest BCUT2D eigenvalue weighted by Gasteiger charge is -2.35. The number of nitrogens with one attached hydrogen (secondary N) is 2. The van der Waals surface area contributed by atoms with Crippen LogP contribution >= 0.6 is 0 Å². The molecule has 3 aromatic rings. The van der Waals surface area contributed by atoms with Crippen LogP contribution in [0.4, 0.5) is 16.2 Å². The number of aromatic amines is 1. The van der Waals surface area contributed by atoms with Gasteiger partial charge in [0.1, 0.15) is 12.4 Å². The first kappa shape index (κ1) is 20.7. The number of likely N-dealkylation sites (N-methyl/N-ethyl adjacent to an activating group) is 1. The van der Waals surface area contributed by atoms with Crippen LogP contribution in [0.3, 0.4) is 0 Å². The molecule has 8 heteroatoms. The lowest BCUT2D eigenvalue weighted by atomic mass is 10.1. The molecule has 1 aliphatic heterocycles. The zero-order valence-electron chi connectivity index (χ0n) is 17.8. The molecule has 0 unspecified atom stereocenters. The van der Waals surface area contributed by atoms with E-state index >= 15 is 0 Å². The number of rotatable bonds is 6. The highest BCUT2D eigenvalue weighted by Gasteiger charge is 2.19. The number of amides is 1. The topological polar surface area (TPSA) is 82.7 Å². The van der Waals surface area contributed by atoms with Crippen molar-refractivity contribution in [2.75, 3.05) is 50.6 Å². The Morgan fingerprint density at radius 2 is 1.97 bits per heavy atom. The molecular formula is C23H27N5O3. The van der Waals surface area contributed by atoms with E-state index in [9.17, 15) is 4.79 Å². The van der Waals surface area contributed by atoms with E-state index in [0.29, 0.717) is 0 Å². The summed E-state index contributed by atoms with van der Waals surface area (Å²) >= 11 is 0. The van der Waals surface area contributed by atoms with Gasteiger partial charge in [0.15, 0.2) is 0 Å². The Morgan fingerprint density at radius 3 is 2.71 bits per heavy atom. The van der Waals surface area contributed by atoms with Crippen LogP contribution < -0.4 is 15.0 Å². The molecule has 0 atom stereocenters. The summed E-state index contributed by atoms with van der Waals surface area (Å²) in [4.78, 5) is 17.1. The predicted octanol–water partition coefficient (Wildman–Crippen LogP) is 3.59. The molecule has 1 aliphatic rings. The Bertz CT molecular complexity index is 1010. The second-order valence-corrected chi connectivity index (χ2v) is 7.56. The highest BCUT2D eigenvalue weighted by atomic mass is 16.5. The van der Waals surface area contributed by atoms with Gasteiger partial charge in [-0.25, -0.2) is 4.79 Å². The fourth-order valence-corrected chi connectivity index (χ4v) is 3.59. The lowest BCUT2D eigenvalue weighted by Crippen LogP contribution is -2.44. The molecule has 0 bridgehead atoms. The third-order valence-corrected chi connectivity index (χ3v) is 5.41. The van der Waals surface area contributed by atoms with Crippen LogP contribution in [-0.2, 0) is 11.3 Å². The minimum Gasteiger partial charge on any atom is -0.497 e. The SMILES string of the molecule is COc1cccc(COC(=O)Nc2ccc(-c3cn[nH]c3)cc2N2CCN(C)CC2)c1. The van der Waals surface area contributed by atoms with Crippen LogP contribution in [0.1, 0.15) is 5.56 Å². The summed E-state index contributed by atoms with van der Waals surface area (Å²) < 4.78 is 10.7. The number of aromatic nitrogens is 2. The smallest absolute Gasteiger partial charge is 0.412 e. The highest BCUT2D eigenvalue weighted by molar-refractivity contribution is 5.91. The van der Waals surface area contributed by atoms with Crippen molar-refractivity contribution in [3.05, 3.63) is 60.4 Å². The third-order valence-electron chi connectivity index (χ3n) is 5.41. The summed E-state index contributed by atoms with van der Waals surface area (Å²) in [6, 6.07) is 13.5. The number of nitrogens with zero attached hydrogens (tertiary/aromatic N) is 3. The average molecular weight is 422 g/mol. The zero-order valence-corrected chi connectivity index (χ0v) is 17.8. The molecular weight excluding hydrogens is 394 g/mol. The second kappa shape index (κ2) is 9.53. The Kier molecular flexibility index (Phi) is 6.37. The molecule has 162 valence electrons. The van der Waals surface area contributed by atoms with Gasteiger partial charge in [0.2, 0.25) is 0 Å². The van der Waals surface area contributed by atoms with Crippen molar-refractivity contribution in [2.24, 2.45) is 0 Å². The van der Waals surface area contributed by atoms with Gasteiger partial charge in [-0.05, 0) is 42.4 Å². The standard InChI is InChI=1S/C23H27N5O3/c1-27-8-10-28(11-9-27)22-13-18(19-14-24-25-15-19)6-7-21(22)26-23(29)31-16-17-4-3-5-20(12-17)30-2/h3-7,12-15H,8-11,16H2,1-2H3,(H,24,25)(H,26,29). The predicted molar refractivity (Wildman–Crippen MR) is 121 cm³/mol. The van der Waals surface area contributed by atoms with Crippen molar-refractivity contribution in [3.8, 4) is 16.9 Å². The van der Waals surface area contributed by atoms with E-state index in [2.05, 4.69) is 38.4 Å². The van der Waals surface area contributed by atoms with Gasteiger partial charge in [-0.15, -0.1) is 0 Å². The Morgan fingerprint density at radius 1 is 1.13 bits per heavy atom. The number of carbonyl (C=O) groups is 1. The Labute approximate surface area is 181 Å². The van der Waals surface area contributed by atoms with Crippen LogP contribution in [0.25, 0.3) is 11.1 Å². The number of anilines is 2. The van der Waals surface area contributed by atoms with Gasteiger partial charge < -0.3 is 19.3 Å². The van der Waals surface area contributed by atoms with Crippen LogP contribution in [0, 0.1) is 0 Å². The van der Waals surface area contributed by atoms with Gasteiger partial charge in [-0.2, -0.15) is 5.10 Å². The van der Waals surface area contributed by atoms with Crippen molar-refractivity contribution in [1.29, 1.82) is 0 Å². The first-order chi connectivity index (χ1) is 15.1. The summed E-state index contributed by atoms with van der Waals surface area (Å²) in [6.45, 7) is 3.88. The molecule has 31 heavy (non-hydrogen) atoms. The number of H-pyrrole nitrogens is 1. The molecule has 2 N–H and O–H groups in total. The van der Waals surface area contributed by atoms with Crippen molar-refractivity contribution in [1.82, 2.24) is 15.1 Å². The maximum Gasteiger partial charge on any atom is 0.412 e. The molecule has 8 nitrogen and oxygen atoms in total. The van der Waals surface area contributed by atoms with E-state index in [-0.39, 0.29) is 6.61 Å². The lowest BCUT2D eigenvalue weighted by molar-refractivity contribution is 0.155. The molecule has 2 aromatic carbocycles. The van der Waals surface area contributed by atoms with Gasteiger partial charge in [0.25, 0.3) is 0 Å². The van der Waals surface area contributed by atoms with Crippen molar-refractivity contribution >= 4 is 17.5 Å². The molecule has 0 spiro atoms. The van der Waals surface area contributed by atoms with E-state index < -0.39 is 6.09 Å². The van der Waals surface area contributed by atoms with Crippen LogP contribution in [0.15, 0.2) is 54.9 Å². The quantitative estimate of drug-likeness (QED) is 0.633. The Balaban J connectivity index is 1.50. The van der Waals surface area contributed by atoms with E-state index in [1.165, 1.54) is 0 Å². The van der Waals surface area contributed by atoms with Gasteiger partial charge in [-0.3, -0.25) is 10.4 Å². The number of benzene rings is 2. The Hall–Kier alpha value is -3.52. The molecule has 0 saturated carbocycles. The number of hydrogen-bond acceptors (Lipinski definition) is 6. The van der Waals surface area contributed by atoms with Crippen LogP contribution in [-0.4, -0.2) is 61.5 Å². The summed E-state index contributed by atoms with van der Waals surface area (Å²) in [7, 11) is 3.73. The minimum absolute atomic E-state index is 0.167. The van der Waals surface area contributed by atoms with Gasteiger partial charge in [0, 0.05) is 37.9 Å². The first-order valence-electron chi connectivity index (χ1n) is 10.3. The first-order valence-corrected chi connectivity index (χ1v) is 10.3. The monoisotopic (exact) mass is 421 g/mol. The summed E-state index contributed by atoms with van der Waals surface area (Å²) in [6.07, 6.45) is 3.16. The van der Waals surface area contributed by atoms with Crippen LogP contribution in [0.5, 0.6) is 5.75 Å². The number of carbonyl (C=O) groups excluding carboxylic acids is 1. The summed E-state index contributed by atoms with van der Waals surface area (Å²) in [5.41, 5.74) is 4.61. The van der Waals surface area contributed by atoms with Crippen molar-refractivity contribution in [2.45, 2.75) is 6.61 Å². The molecule has 1 saturated heterocycles. The molecule has 1 aromatic heterocycles. The van der Waals surface area contributed by atoms with E-state index in [1.807, 2.05) is 42.6 Å². The van der Waals surface area contributed by atoms with Gasteiger partial charge in [0.05, 0.1) is 24.7 Å². The summed E-state index contributed by atoms with van der Waals surface area (Å²) in [5, 5.41) is 9.81. The van der Waals surface area contributed by atoms with Crippen molar-refractivity contribution < 1.29 is 14.3 Å². The number of piperazine rings is 1. The summed E-state index contributed by atoms with van der Waals surface area (Å²) in [5.74, 6) is 0.730. The van der Waals surface area contributed by atoms with Gasteiger partial charge in [-0.1, -0.05) is 18.2 Å². The molecule has 1 fully saturated rings.